The Morgan fingerprint density at radius 1 is 0.796 bits per heavy atom. The van der Waals surface area contributed by atoms with Gasteiger partial charge in [-0.25, -0.2) is 0 Å². The van der Waals surface area contributed by atoms with E-state index in [0.29, 0.717) is 18.4 Å². The molecule has 17 heteroatoms. The van der Waals surface area contributed by atoms with E-state index in [0.717, 1.165) is 0 Å². The SMILES string of the molecule is CC[C@H](C)[C@@H]1NC(=O)[C@H](C)NC(=O)[C@H](CC(C)C)NC(=O)[C@H](CO)NC(=O)[C@H](CCC(N)=O)NC(=O)[C@H](Cc2ccccc2)NC(=O)[C@@H]2CCCN2C1=O. The van der Waals surface area contributed by atoms with Crippen molar-refractivity contribution in [2.75, 3.05) is 13.2 Å². The van der Waals surface area contributed by atoms with Gasteiger partial charge in [0.15, 0.2) is 0 Å². The highest BCUT2D eigenvalue weighted by Gasteiger charge is 2.41. The van der Waals surface area contributed by atoms with Gasteiger partial charge in [-0.15, -0.1) is 0 Å². The molecule has 0 bridgehead atoms. The smallest absolute Gasteiger partial charge is 0.246 e. The maximum atomic E-state index is 14.1. The van der Waals surface area contributed by atoms with Gasteiger partial charge in [-0.1, -0.05) is 64.4 Å². The number of aliphatic hydroxyl groups excluding tert-OH is 1. The highest BCUT2D eigenvalue weighted by molar-refractivity contribution is 5.99. The third-order valence-electron chi connectivity index (χ3n) is 9.75. The van der Waals surface area contributed by atoms with Crippen molar-refractivity contribution in [1.29, 1.82) is 0 Å². The molecular formula is C37H56N8O9. The second kappa shape index (κ2) is 20.4. The van der Waals surface area contributed by atoms with Crippen LogP contribution >= 0.6 is 0 Å². The van der Waals surface area contributed by atoms with Crippen molar-refractivity contribution < 1.29 is 43.5 Å². The van der Waals surface area contributed by atoms with Crippen molar-refractivity contribution in [3.8, 4) is 0 Å². The molecule has 2 aliphatic heterocycles. The molecule has 298 valence electrons. The molecule has 2 heterocycles. The number of carbonyl (C=O) groups is 8. The molecule has 0 aliphatic carbocycles. The fraction of sp³-hybridized carbons (Fsp3) is 0.622. The molecule has 3 rings (SSSR count). The molecule has 8 amide bonds. The topological polar surface area (TPSA) is 258 Å². The van der Waals surface area contributed by atoms with Crippen LogP contribution in [0.2, 0.25) is 0 Å². The van der Waals surface area contributed by atoms with Gasteiger partial charge in [0.1, 0.15) is 42.3 Å². The maximum absolute atomic E-state index is 14.1. The summed E-state index contributed by atoms with van der Waals surface area (Å²) in [7, 11) is 0. The van der Waals surface area contributed by atoms with Crippen molar-refractivity contribution in [3.05, 3.63) is 35.9 Å². The molecule has 9 N–H and O–H groups in total. The number of fused-ring (bicyclic) bond motifs is 1. The number of aliphatic hydroxyl groups is 1. The monoisotopic (exact) mass is 756 g/mol. The van der Waals surface area contributed by atoms with E-state index >= 15 is 0 Å². The van der Waals surface area contributed by atoms with E-state index in [1.165, 1.54) is 11.8 Å². The lowest BCUT2D eigenvalue weighted by Crippen LogP contribution is -2.60. The molecule has 0 unspecified atom stereocenters. The van der Waals surface area contributed by atoms with E-state index in [1.807, 2.05) is 20.8 Å². The molecule has 0 radical (unpaired) electrons. The standard InChI is InChI=1S/C37H56N8O9/c1-6-21(4)30-37(54)45-16-10-13-28(45)36(53)42-26(18-23-11-8-7-9-12-23)34(51)40-24(14-15-29(38)47)32(49)43-27(19-46)35(52)41-25(17-20(2)3)33(50)39-22(5)31(48)44-30/h7-9,11-12,20-22,24-28,30,46H,6,10,13-19H2,1-5H3,(H2,38,47)(H,39,50)(H,40,51)(H,41,52)(H,42,53)(H,43,49)(H,44,48)/t21-,22-,24-,25-,26-,27-,28-,30-/m0/s1. The minimum absolute atomic E-state index is 0.00732. The lowest BCUT2D eigenvalue weighted by molar-refractivity contribution is -0.143. The van der Waals surface area contributed by atoms with Crippen LogP contribution in [0.1, 0.15) is 78.7 Å². The van der Waals surface area contributed by atoms with Crippen LogP contribution in [-0.2, 0) is 44.8 Å². The van der Waals surface area contributed by atoms with Gasteiger partial charge in [-0.05, 0) is 50.0 Å². The Kier molecular flexibility index (Phi) is 16.4. The number of rotatable bonds is 10. The third-order valence-corrected chi connectivity index (χ3v) is 9.75. The van der Waals surface area contributed by atoms with Crippen molar-refractivity contribution in [3.63, 3.8) is 0 Å². The molecular weight excluding hydrogens is 700 g/mol. The summed E-state index contributed by atoms with van der Waals surface area (Å²) < 4.78 is 0. The zero-order chi connectivity index (χ0) is 40.1. The highest BCUT2D eigenvalue weighted by atomic mass is 16.3. The number of carbonyl (C=O) groups excluding carboxylic acids is 8. The van der Waals surface area contributed by atoms with Crippen molar-refractivity contribution in [1.82, 2.24) is 36.8 Å². The Balaban J connectivity index is 2.09. The molecule has 0 aromatic heterocycles. The Labute approximate surface area is 315 Å². The zero-order valence-electron chi connectivity index (χ0n) is 31.7. The van der Waals surface area contributed by atoms with E-state index in [1.54, 1.807) is 37.3 Å². The summed E-state index contributed by atoms with van der Waals surface area (Å²) in [5.74, 6) is -6.39. The fourth-order valence-corrected chi connectivity index (χ4v) is 6.42. The summed E-state index contributed by atoms with van der Waals surface area (Å²) in [6.07, 6.45) is 0.780. The lowest BCUT2D eigenvalue weighted by Gasteiger charge is -2.32. The summed E-state index contributed by atoms with van der Waals surface area (Å²) in [4.78, 5) is 109. The minimum atomic E-state index is -1.58. The van der Waals surface area contributed by atoms with Gasteiger partial charge in [-0.3, -0.25) is 38.4 Å². The van der Waals surface area contributed by atoms with Crippen LogP contribution in [0.4, 0.5) is 0 Å². The summed E-state index contributed by atoms with van der Waals surface area (Å²) in [5.41, 5.74) is 6.03. The Morgan fingerprint density at radius 2 is 1.37 bits per heavy atom. The first kappa shape index (κ1) is 43.3. The number of amides is 8. The fourth-order valence-electron chi connectivity index (χ4n) is 6.42. The van der Waals surface area contributed by atoms with Crippen LogP contribution in [0.3, 0.4) is 0 Å². The van der Waals surface area contributed by atoms with E-state index in [-0.39, 0.29) is 50.5 Å². The summed E-state index contributed by atoms with van der Waals surface area (Å²) in [6, 6.07) is 0.135. The van der Waals surface area contributed by atoms with Gasteiger partial charge in [0.25, 0.3) is 0 Å². The van der Waals surface area contributed by atoms with Crippen LogP contribution in [0.15, 0.2) is 30.3 Å². The van der Waals surface area contributed by atoms with Crippen LogP contribution in [-0.4, -0.2) is 113 Å². The second-order valence-electron chi connectivity index (χ2n) is 14.5. The second-order valence-corrected chi connectivity index (χ2v) is 14.5. The third kappa shape index (κ3) is 12.2. The first-order chi connectivity index (χ1) is 25.6. The van der Waals surface area contributed by atoms with Crippen molar-refractivity contribution in [2.45, 2.75) is 122 Å². The quantitative estimate of drug-likeness (QED) is 0.138. The zero-order valence-corrected chi connectivity index (χ0v) is 31.7. The number of nitrogens with two attached hydrogens (primary N) is 1. The first-order valence-electron chi connectivity index (χ1n) is 18.6. The molecule has 1 aromatic rings. The van der Waals surface area contributed by atoms with Crippen LogP contribution in [0, 0.1) is 11.8 Å². The molecule has 0 spiro atoms. The van der Waals surface area contributed by atoms with Crippen molar-refractivity contribution in [2.24, 2.45) is 17.6 Å². The van der Waals surface area contributed by atoms with Crippen LogP contribution < -0.4 is 37.6 Å². The normalized spacial score (nSPS) is 27.4. The average molecular weight is 757 g/mol. The predicted octanol–water partition coefficient (Wildman–Crippen LogP) is -1.49. The number of primary amides is 1. The molecule has 0 saturated carbocycles. The molecule has 17 nitrogen and oxygen atoms in total. The highest BCUT2D eigenvalue weighted by Crippen LogP contribution is 2.22. The van der Waals surface area contributed by atoms with Crippen molar-refractivity contribution >= 4 is 47.3 Å². The van der Waals surface area contributed by atoms with Gasteiger partial charge in [0.05, 0.1) is 6.61 Å². The summed E-state index contributed by atoms with van der Waals surface area (Å²) >= 11 is 0. The molecule has 2 fully saturated rings. The van der Waals surface area contributed by atoms with Gasteiger partial charge < -0.3 is 47.6 Å². The molecule has 2 aliphatic rings. The number of benzene rings is 1. The lowest BCUT2D eigenvalue weighted by atomic mass is 9.96. The summed E-state index contributed by atoms with van der Waals surface area (Å²) in [6.45, 7) is 8.02. The molecule has 8 atom stereocenters. The van der Waals surface area contributed by atoms with Crippen LogP contribution in [0.25, 0.3) is 0 Å². The average Bonchev–Trinajstić information content (AvgIpc) is 3.63. The van der Waals surface area contributed by atoms with E-state index in [9.17, 15) is 43.5 Å². The van der Waals surface area contributed by atoms with Gasteiger partial charge >= 0.3 is 0 Å². The minimum Gasteiger partial charge on any atom is -0.394 e. The van der Waals surface area contributed by atoms with Gasteiger partial charge in [-0.2, -0.15) is 0 Å². The van der Waals surface area contributed by atoms with Gasteiger partial charge in [0, 0.05) is 19.4 Å². The Hall–Kier alpha value is -5.06. The maximum Gasteiger partial charge on any atom is 0.246 e. The predicted molar refractivity (Wildman–Crippen MR) is 197 cm³/mol. The Morgan fingerprint density at radius 3 is 1.98 bits per heavy atom. The number of nitrogens with zero attached hydrogens (tertiary/aromatic N) is 1. The van der Waals surface area contributed by atoms with E-state index < -0.39 is 96.2 Å². The number of nitrogens with one attached hydrogen (secondary N) is 6. The molecule has 2 saturated heterocycles. The first-order valence-corrected chi connectivity index (χ1v) is 18.6. The molecule has 54 heavy (non-hydrogen) atoms. The van der Waals surface area contributed by atoms with Gasteiger partial charge in [0.2, 0.25) is 47.3 Å². The molecule has 1 aromatic carbocycles. The Bertz CT molecular complexity index is 1520. The van der Waals surface area contributed by atoms with Crippen LogP contribution in [0.5, 0.6) is 0 Å². The largest absolute Gasteiger partial charge is 0.394 e. The van der Waals surface area contributed by atoms with E-state index in [4.69, 9.17) is 5.73 Å². The number of hydrogen-bond acceptors (Lipinski definition) is 9. The number of hydrogen-bond donors (Lipinski definition) is 8. The van der Waals surface area contributed by atoms with E-state index in [2.05, 4.69) is 31.9 Å². The summed E-state index contributed by atoms with van der Waals surface area (Å²) in [5, 5.41) is 25.7.